The lowest BCUT2D eigenvalue weighted by atomic mass is 10.00. The minimum atomic E-state index is -1.99. The number of amides is 18. The predicted molar refractivity (Wildman–Crippen MR) is 498 cm³/mol. The van der Waals surface area contributed by atoms with Gasteiger partial charge < -0.3 is 130 Å². The zero-order chi connectivity index (χ0) is 101. The van der Waals surface area contributed by atoms with E-state index in [1.54, 1.807) is 91.1 Å². The number of aliphatic hydroxyl groups excluding tert-OH is 1. The Balaban J connectivity index is 1.13. The third-order valence-corrected chi connectivity index (χ3v) is 24.9. The van der Waals surface area contributed by atoms with Crippen LogP contribution in [0.5, 0.6) is 5.75 Å². The fourth-order valence-electron chi connectivity index (χ4n) is 16.1. The van der Waals surface area contributed by atoms with E-state index in [-0.39, 0.29) is 89.6 Å². The second-order valence-electron chi connectivity index (χ2n) is 34.2. The van der Waals surface area contributed by atoms with E-state index in [0.717, 1.165) is 55.3 Å². The lowest BCUT2D eigenvalue weighted by molar-refractivity contribution is -0.150. The van der Waals surface area contributed by atoms with Gasteiger partial charge in [-0.25, -0.2) is 0 Å². The van der Waals surface area contributed by atoms with Gasteiger partial charge >= 0.3 is 11.9 Å². The molecule has 3 fully saturated rings. The second-order valence-corrected chi connectivity index (χ2v) is 35.3. The number of aromatic hydroxyl groups is 1. The van der Waals surface area contributed by atoms with E-state index in [1.807, 2.05) is 0 Å². The summed E-state index contributed by atoms with van der Waals surface area (Å²) in [6.45, 7) is -0.692. The minimum absolute atomic E-state index is 0.00622. The summed E-state index contributed by atoms with van der Waals surface area (Å²) in [5.41, 5.74) is 13.6. The maximum absolute atomic E-state index is 15.6. The molecular weight excluding hydrogens is 1820 g/mol. The van der Waals surface area contributed by atoms with Crippen LogP contribution >= 0.6 is 11.8 Å². The molecule has 13 atom stereocenters. The molecule has 0 saturated carbocycles. The van der Waals surface area contributed by atoms with Crippen LogP contribution in [0.4, 0.5) is 0 Å². The number of carboxylic acids is 2. The zero-order valence-corrected chi connectivity index (χ0v) is 78.6. The Labute approximate surface area is 798 Å². The number of primary amides is 1. The first-order valence-electron chi connectivity index (χ1n) is 44.7. The largest absolute Gasteiger partial charge is 0.508 e. The number of benzene rings is 4. The highest BCUT2D eigenvalue weighted by Gasteiger charge is 2.46. The van der Waals surface area contributed by atoms with E-state index in [9.17, 15) is 97.1 Å². The first kappa shape index (κ1) is 109. The number of phenols is 1. The van der Waals surface area contributed by atoms with Crippen molar-refractivity contribution in [3.05, 3.63) is 138 Å². The number of carbonyl (C=O) groups is 20. The zero-order valence-electron chi connectivity index (χ0n) is 77.8. The SMILES string of the molecule is CC(C)[C@@H]1NC(=O)[C@H](CC(=O)O)NC(=O)[C@H](C)N(C)C(=O)[C@@H]2CCCN2C(=O)[C@H](CC(=O)O)NC(=O)CNC(=O)[C@@H](Cc2c[nH]c3ccccc23)NC(=O)CSC[C@@H](C(=O)NCC(N)=O)NC(=O)[C@@H]2CCCN2C(=O)[C@H](Cc2ccccc2)N(C)C(=O)[C@H](Cc2ccc(O)cc2)NC(=O)CN(C)C(=O)[C@H](Cc2ccccc2)N(C)C(=O)[C@H](CCCNC(=N)N)NC(=O)CNC(=O)[C@H](CO)N(C)C1=O. The molecule has 21 N–H and O–H groups in total. The number of fused-ring (bicyclic) bond motifs is 3. The molecule has 138 heavy (non-hydrogen) atoms. The van der Waals surface area contributed by atoms with Crippen LogP contribution in [0.15, 0.2) is 115 Å². The van der Waals surface area contributed by atoms with Crippen molar-refractivity contribution in [2.24, 2.45) is 17.4 Å². The maximum atomic E-state index is 15.6. The number of aromatic amines is 1. The normalized spacial score (nSPS) is 23.9. The van der Waals surface area contributed by atoms with Gasteiger partial charge in [0.15, 0.2) is 5.96 Å². The number of nitrogens with two attached hydrogens (primary N) is 2. The van der Waals surface area contributed by atoms with Crippen LogP contribution in [0.3, 0.4) is 0 Å². The third kappa shape index (κ3) is 31.1. The van der Waals surface area contributed by atoms with Crippen LogP contribution < -0.4 is 70.0 Å². The van der Waals surface area contributed by atoms with E-state index in [2.05, 4.69) is 63.5 Å². The first-order valence-corrected chi connectivity index (χ1v) is 45.9. The summed E-state index contributed by atoms with van der Waals surface area (Å²) >= 11 is 0.775. The molecule has 4 heterocycles. The molecule has 3 aliphatic heterocycles. The molecule has 47 heteroatoms. The molecule has 1 aromatic heterocycles. The summed E-state index contributed by atoms with van der Waals surface area (Å²) in [5, 5.41) is 76.8. The number of phenolic OH excluding ortho intramolecular Hbond substituents is 1. The van der Waals surface area contributed by atoms with Crippen LogP contribution in [0, 0.1) is 11.3 Å². The number of guanidine groups is 1. The van der Waals surface area contributed by atoms with Crippen molar-refractivity contribution in [3.63, 3.8) is 0 Å². The molecule has 8 rings (SSSR count). The summed E-state index contributed by atoms with van der Waals surface area (Å²) < 4.78 is 0. The van der Waals surface area contributed by atoms with Crippen LogP contribution in [0.1, 0.15) is 94.4 Å². The average Bonchev–Trinajstić information content (AvgIpc) is 1.69. The number of carbonyl (C=O) groups excluding carboxylic acids is 18. The molecule has 746 valence electrons. The van der Waals surface area contributed by atoms with Crippen LogP contribution in [-0.4, -0.2) is 362 Å². The molecular formula is C91H122N22O24S. The van der Waals surface area contributed by atoms with Gasteiger partial charge in [0.05, 0.1) is 51.4 Å². The van der Waals surface area contributed by atoms with Crippen LogP contribution in [-0.2, 0) is 122 Å². The van der Waals surface area contributed by atoms with Crippen LogP contribution in [0.2, 0.25) is 0 Å². The Hall–Kier alpha value is -14.8. The van der Waals surface area contributed by atoms with Crippen molar-refractivity contribution in [3.8, 4) is 5.75 Å². The number of aliphatic hydroxyl groups is 1. The first-order chi connectivity index (χ1) is 65.5. The number of thioether (sulfide) groups is 1. The van der Waals surface area contributed by atoms with Gasteiger partial charge in [-0.3, -0.25) is 101 Å². The number of aliphatic carboxylic acids is 2. The summed E-state index contributed by atoms with van der Waals surface area (Å²) in [6, 6.07) is 8.49. The predicted octanol–water partition coefficient (Wildman–Crippen LogP) is -5.25. The number of carboxylic acid groups (broad SMARTS) is 2. The smallest absolute Gasteiger partial charge is 0.305 e. The highest BCUT2D eigenvalue weighted by molar-refractivity contribution is 8.00. The minimum Gasteiger partial charge on any atom is -0.508 e. The highest BCUT2D eigenvalue weighted by Crippen LogP contribution is 2.27. The Morgan fingerprint density at radius 2 is 1.04 bits per heavy atom. The number of para-hydroxylation sites is 1. The molecule has 0 aliphatic carbocycles. The van der Waals surface area contributed by atoms with Crippen LogP contribution in [0.25, 0.3) is 10.9 Å². The van der Waals surface area contributed by atoms with Crippen molar-refractivity contribution in [1.82, 2.24) is 97.8 Å². The lowest BCUT2D eigenvalue weighted by Gasteiger charge is -2.35. The molecule has 0 radical (unpaired) electrons. The standard InChI is InChI=1S/C91H122N22O24S/c1-50(2)77-90(137)111(8)69(47-114)82(129)99-45-71(117)100-59(26-17-33-95-91(93)94)84(131)109(6)67(37-52-20-11-9-12-21-52)87(134)107(4)46-73(119)103-62(36-54-29-31-56(115)32-30-54)85(132)110(7)68(38-53-22-13-10-14-23-53)89(136)112-34-18-27-65(112)83(130)105-64(80(127)97-43-70(92)116)48-138-49-74(120)101-60(39-55-42-96-58-25-16-15-24-57(55)58)79(126)98-44-72(118)102-63(41-76(123)124)86(133)113-35-19-28-66(113)88(135)108(5)51(3)78(125)104-61(40-75(121)122)81(128)106-77/h9-16,20-25,29-32,42,50-51,59-69,77,96,114-115H,17-19,26-28,33-41,43-49H2,1-8H3,(H2,92,116)(H,97,127)(H,98,126)(H,99,129)(H,100,117)(H,101,120)(H,102,118)(H,103,119)(H,104,125)(H,105,130)(H,106,128)(H,121,122)(H,123,124)(H4,93,94,95)/t51-,59-,60+,61-,62-,63-,64-,65-,66-,67-,68-,69-,77-/m0/s1. The van der Waals surface area contributed by atoms with Crippen molar-refractivity contribution in [1.29, 1.82) is 5.41 Å². The number of likely N-dealkylation sites (N-methyl/N-ethyl adjacent to an activating group) is 5. The molecule has 0 unspecified atom stereocenters. The fraction of sp³-hybridized carbons (Fsp3) is 0.484. The van der Waals surface area contributed by atoms with Crippen molar-refractivity contribution in [2.75, 3.05) is 99.2 Å². The van der Waals surface area contributed by atoms with E-state index in [0.29, 0.717) is 33.2 Å². The number of H-pyrrole nitrogens is 1. The van der Waals surface area contributed by atoms with Gasteiger partial charge in [0.1, 0.15) is 84.3 Å². The topological polar surface area (TPSA) is 669 Å². The molecule has 3 aliphatic rings. The fourth-order valence-corrected chi connectivity index (χ4v) is 17.0. The Bertz CT molecular complexity index is 5270. The van der Waals surface area contributed by atoms with Gasteiger partial charge in [0.25, 0.3) is 0 Å². The van der Waals surface area contributed by atoms with E-state index < -0.39 is 266 Å². The Morgan fingerprint density at radius 3 is 1.62 bits per heavy atom. The van der Waals surface area contributed by atoms with Crippen molar-refractivity contribution >= 4 is 147 Å². The molecule has 0 spiro atoms. The molecule has 18 amide bonds. The monoisotopic (exact) mass is 1940 g/mol. The summed E-state index contributed by atoms with van der Waals surface area (Å²) in [4.78, 5) is 295. The Morgan fingerprint density at radius 1 is 0.507 bits per heavy atom. The van der Waals surface area contributed by atoms with Crippen molar-refractivity contribution < 1.29 is 116 Å². The highest BCUT2D eigenvalue weighted by atomic mass is 32.2. The summed E-state index contributed by atoms with van der Waals surface area (Å²) in [7, 11) is 6.03. The van der Waals surface area contributed by atoms with Gasteiger partial charge in [-0.05, 0) is 91.8 Å². The van der Waals surface area contributed by atoms with Gasteiger partial charge in [-0.2, -0.15) is 0 Å². The second kappa shape index (κ2) is 51.8. The number of rotatable bonds is 21. The number of nitrogens with one attached hydrogen (secondary N) is 13. The number of nitrogens with zero attached hydrogens (tertiary/aromatic N) is 7. The quantitative estimate of drug-likeness (QED) is 0.0185. The number of aromatic nitrogens is 1. The van der Waals surface area contributed by atoms with Gasteiger partial charge in [-0.1, -0.05) is 105 Å². The molecule has 0 bridgehead atoms. The third-order valence-electron chi connectivity index (χ3n) is 23.8. The molecule has 5 aromatic rings. The summed E-state index contributed by atoms with van der Waals surface area (Å²) in [6.07, 6.45) is -1.45. The van der Waals surface area contributed by atoms with E-state index in [4.69, 9.17) is 16.9 Å². The van der Waals surface area contributed by atoms with E-state index in [1.165, 1.54) is 71.1 Å². The summed E-state index contributed by atoms with van der Waals surface area (Å²) in [5.74, 6) is -23.4. The number of hydrogen-bond acceptors (Lipinski definition) is 24. The molecule has 3 saturated heterocycles. The average molecular weight is 1940 g/mol. The van der Waals surface area contributed by atoms with E-state index >= 15 is 19.2 Å². The molecule has 4 aromatic carbocycles. The van der Waals surface area contributed by atoms with Gasteiger partial charge in [0, 0.05) is 103 Å². The number of hydrogen-bond donors (Lipinski definition) is 19. The lowest BCUT2D eigenvalue weighted by Crippen LogP contribution is -2.61. The van der Waals surface area contributed by atoms with Gasteiger partial charge in [-0.15, -0.1) is 11.8 Å². The maximum Gasteiger partial charge on any atom is 0.305 e. The van der Waals surface area contributed by atoms with Gasteiger partial charge in [0.2, 0.25) is 106 Å². The van der Waals surface area contributed by atoms with Crippen molar-refractivity contribution in [2.45, 2.75) is 176 Å². The molecule has 46 nitrogen and oxygen atoms in total. The Kier molecular flexibility index (Phi) is 40.7.